The van der Waals surface area contributed by atoms with Crippen molar-refractivity contribution < 1.29 is 0 Å². The van der Waals surface area contributed by atoms with Crippen molar-refractivity contribution in [2.24, 2.45) is 0 Å². The van der Waals surface area contributed by atoms with Crippen LogP contribution in [0.4, 0.5) is 11.4 Å². The van der Waals surface area contributed by atoms with Crippen molar-refractivity contribution in [1.82, 2.24) is 0 Å². The van der Waals surface area contributed by atoms with Gasteiger partial charge in [0.2, 0.25) is 0 Å². The lowest BCUT2D eigenvalue weighted by Crippen LogP contribution is -2.03. The van der Waals surface area contributed by atoms with Gasteiger partial charge in [0.15, 0.2) is 0 Å². The predicted molar refractivity (Wildman–Crippen MR) is 69.3 cm³/mol. The Bertz CT molecular complexity index is 391. The summed E-state index contributed by atoms with van der Waals surface area (Å²) >= 11 is 0. The van der Waals surface area contributed by atoms with Crippen molar-refractivity contribution in [3.63, 3.8) is 0 Å². The van der Waals surface area contributed by atoms with Crippen LogP contribution in [0.5, 0.6) is 0 Å². The maximum absolute atomic E-state index is 5.63. The molecule has 0 aromatic heterocycles. The van der Waals surface area contributed by atoms with Crippen molar-refractivity contribution in [2.75, 3.05) is 11.5 Å². The molecule has 0 spiro atoms. The van der Waals surface area contributed by atoms with Crippen LogP contribution in [0.25, 0.3) is 0 Å². The number of anilines is 2. The maximum Gasteiger partial charge on any atom is 0.0314 e. The molecule has 0 bridgehead atoms. The number of hydrogen-bond acceptors (Lipinski definition) is 2. The molecule has 0 aliphatic heterocycles. The van der Waals surface area contributed by atoms with E-state index in [1.54, 1.807) is 0 Å². The molecule has 0 radical (unpaired) electrons. The Hall–Kier alpha value is -1.53. The van der Waals surface area contributed by atoms with E-state index in [0.717, 1.165) is 11.4 Å². The third-order valence-electron chi connectivity index (χ3n) is 2.11. The number of hydrogen-bond donors (Lipinski definition) is 2. The van der Waals surface area contributed by atoms with Crippen LogP contribution >= 0.6 is 8.58 Å². The molecular weight excluding hydrogens is 203 g/mol. The highest BCUT2D eigenvalue weighted by atomic mass is 31.1. The lowest BCUT2D eigenvalue weighted by Gasteiger charge is -2.03. The van der Waals surface area contributed by atoms with Gasteiger partial charge in [0, 0.05) is 11.4 Å². The zero-order chi connectivity index (χ0) is 10.7. The summed E-state index contributed by atoms with van der Waals surface area (Å²) in [5.74, 6) is 0. The van der Waals surface area contributed by atoms with Crippen molar-refractivity contribution in [1.29, 1.82) is 0 Å². The SMILES string of the molecule is Nc1ccc(Pc2ccc(N)cc2)cc1. The molecule has 0 fully saturated rings. The van der Waals surface area contributed by atoms with Gasteiger partial charge in [0.1, 0.15) is 0 Å². The van der Waals surface area contributed by atoms with Crippen LogP contribution in [-0.2, 0) is 0 Å². The summed E-state index contributed by atoms with van der Waals surface area (Å²) in [6.45, 7) is 0. The minimum atomic E-state index is 0.658. The standard InChI is InChI=1S/C12H13N2P/c13-9-1-5-11(6-2-9)15-12-7-3-10(14)4-8-12/h1-8,15H,13-14H2. The smallest absolute Gasteiger partial charge is 0.0314 e. The predicted octanol–water partition coefficient (Wildman–Crippen LogP) is 1.48. The molecule has 2 rings (SSSR count). The summed E-state index contributed by atoms with van der Waals surface area (Å²) in [7, 11) is 0.658. The van der Waals surface area contributed by atoms with Crippen LogP contribution in [0.1, 0.15) is 0 Å². The first-order valence-electron chi connectivity index (χ1n) is 4.72. The highest BCUT2D eigenvalue weighted by Gasteiger charge is 1.95. The molecule has 0 aliphatic rings. The second kappa shape index (κ2) is 4.33. The monoisotopic (exact) mass is 216 g/mol. The highest BCUT2D eigenvalue weighted by Crippen LogP contribution is 2.12. The molecule has 0 atom stereocenters. The molecule has 0 amide bonds. The fourth-order valence-electron chi connectivity index (χ4n) is 1.30. The third-order valence-corrected chi connectivity index (χ3v) is 3.35. The lowest BCUT2D eigenvalue weighted by atomic mass is 10.3. The van der Waals surface area contributed by atoms with Gasteiger partial charge in [-0.05, 0) is 34.9 Å². The molecule has 15 heavy (non-hydrogen) atoms. The van der Waals surface area contributed by atoms with Gasteiger partial charge in [0.05, 0.1) is 0 Å². The number of rotatable bonds is 2. The summed E-state index contributed by atoms with van der Waals surface area (Å²) in [4.78, 5) is 0. The molecule has 0 heterocycles. The Balaban J connectivity index is 2.15. The molecule has 2 aromatic carbocycles. The average molecular weight is 216 g/mol. The van der Waals surface area contributed by atoms with E-state index in [0.29, 0.717) is 8.58 Å². The van der Waals surface area contributed by atoms with Gasteiger partial charge < -0.3 is 11.5 Å². The second-order valence-electron chi connectivity index (χ2n) is 3.37. The Labute approximate surface area is 91.1 Å². The van der Waals surface area contributed by atoms with E-state index in [4.69, 9.17) is 11.5 Å². The van der Waals surface area contributed by atoms with E-state index in [2.05, 4.69) is 24.3 Å². The average Bonchev–Trinajstić information content (AvgIpc) is 2.25. The topological polar surface area (TPSA) is 52.0 Å². The van der Waals surface area contributed by atoms with Gasteiger partial charge >= 0.3 is 0 Å². The largest absolute Gasteiger partial charge is 0.399 e. The molecule has 0 saturated carbocycles. The van der Waals surface area contributed by atoms with Gasteiger partial charge in [-0.15, -0.1) is 0 Å². The number of benzene rings is 2. The molecule has 4 N–H and O–H groups in total. The van der Waals surface area contributed by atoms with E-state index in [9.17, 15) is 0 Å². The quantitative estimate of drug-likeness (QED) is 0.590. The molecule has 2 nitrogen and oxygen atoms in total. The van der Waals surface area contributed by atoms with Gasteiger partial charge in [-0.2, -0.15) is 0 Å². The Morgan fingerprint density at radius 2 is 0.933 bits per heavy atom. The Morgan fingerprint density at radius 1 is 0.600 bits per heavy atom. The van der Waals surface area contributed by atoms with Crippen LogP contribution in [0.2, 0.25) is 0 Å². The minimum Gasteiger partial charge on any atom is -0.399 e. The van der Waals surface area contributed by atoms with E-state index in [1.165, 1.54) is 10.6 Å². The Kier molecular flexibility index (Phi) is 2.89. The number of nitrogens with two attached hydrogens (primary N) is 2. The van der Waals surface area contributed by atoms with E-state index in [-0.39, 0.29) is 0 Å². The van der Waals surface area contributed by atoms with Crippen molar-refractivity contribution in [3.8, 4) is 0 Å². The summed E-state index contributed by atoms with van der Waals surface area (Å²) in [5, 5.41) is 2.57. The first-order valence-corrected chi connectivity index (χ1v) is 5.72. The van der Waals surface area contributed by atoms with Gasteiger partial charge in [0.25, 0.3) is 0 Å². The van der Waals surface area contributed by atoms with Crippen LogP contribution in [0.15, 0.2) is 48.5 Å². The molecular formula is C12H13N2P. The molecule has 0 unspecified atom stereocenters. The molecule has 76 valence electrons. The maximum atomic E-state index is 5.63. The summed E-state index contributed by atoms with van der Waals surface area (Å²) < 4.78 is 0. The van der Waals surface area contributed by atoms with Crippen LogP contribution in [0.3, 0.4) is 0 Å². The van der Waals surface area contributed by atoms with Crippen LogP contribution < -0.4 is 22.1 Å². The zero-order valence-corrected chi connectivity index (χ0v) is 9.27. The highest BCUT2D eigenvalue weighted by molar-refractivity contribution is 7.55. The minimum absolute atomic E-state index is 0.658. The normalized spacial score (nSPS) is 10.1. The summed E-state index contributed by atoms with van der Waals surface area (Å²) in [6, 6.07) is 16.0. The van der Waals surface area contributed by atoms with Crippen molar-refractivity contribution in [2.45, 2.75) is 0 Å². The fraction of sp³-hybridized carbons (Fsp3) is 0. The summed E-state index contributed by atoms with van der Waals surface area (Å²) in [6.07, 6.45) is 0. The van der Waals surface area contributed by atoms with E-state index >= 15 is 0 Å². The number of nitrogen functional groups attached to an aromatic ring is 2. The van der Waals surface area contributed by atoms with E-state index < -0.39 is 0 Å². The molecule has 2 aromatic rings. The first-order chi connectivity index (χ1) is 7.24. The fourth-order valence-corrected chi connectivity index (χ4v) is 2.30. The van der Waals surface area contributed by atoms with E-state index in [1.807, 2.05) is 24.3 Å². The zero-order valence-electron chi connectivity index (χ0n) is 8.27. The van der Waals surface area contributed by atoms with Gasteiger partial charge in [-0.25, -0.2) is 0 Å². The van der Waals surface area contributed by atoms with Gasteiger partial charge in [-0.1, -0.05) is 32.8 Å². The van der Waals surface area contributed by atoms with Gasteiger partial charge in [-0.3, -0.25) is 0 Å². The summed E-state index contributed by atoms with van der Waals surface area (Å²) in [5.41, 5.74) is 12.9. The molecule has 0 saturated heterocycles. The molecule has 3 heteroatoms. The molecule has 0 aliphatic carbocycles. The van der Waals surface area contributed by atoms with Crippen LogP contribution in [0, 0.1) is 0 Å². The Morgan fingerprint density at radius 3 is 1.27 bits per heavy atom. The van der Waals surface area contributed by atoms with Crippen LogP contribution in [-0.4, -0.2) is 0 Å². The lowest BCUT2D eigenvalue weighted by molar-refractivity contribution is 1.72. The third kappa shape index (κ3) is 2.71. The second-order valence-corrected chi connectivity index (χ2v) is 4.77. The first kappa shape index (κ1) is 10.0. The van der Waals surface area contributed by atoms with Crippen molar-refractivity contribution >= 4 is 30.6 Å². The van der Waals surface area contributed by atoms with Crippen molar-refractivity contribution in [3.05, 3.63) is 48.5 Å².